The van der Waals surface area contributed by atoms with Gasteiger partial charge < -0.3 is 4.98 Å². The number of rotatable bonds is 1. The van der Waals surface area contributed by atoms with E-state index in [1.807, 2.05) is 0 Å². The standard InChI is InChI=1S/C9H5Cl2FN2/c10-5-1-2-7(12)6(3-5)8-4-13-9(11)14-8/h1-4H,(H,13,14). The van der Waals surface area contributed by atoms with Gasteiger partial charge in [0.15, 0.2) is 5.28 Å². The van der Waals surface area contributed by atoms with Crippen LogP contribution in [0.15, 0.2) is 24.4 Å². The van der Waals surface area contributed by atoms with Crippen molar-refractivity contribution in [3.8, 4) is 11.3 Å². The molecule has 0 aliphatic carbocycles. The number of hydrogen-bond acceptors (Lipinski definition) is 1. The molecule has 0 saturated heterocycles. The molecule has 2 aromatic rings. The highest BCUT2D eigenvalue weighted by Crippen LogP contribution is 2.25. The molecule has 1 aromatic carbocycles. The lowest BCUT2D eigenvalue weighted by Gasteiger charge is -1.99. The van der Waals surface area contributed by atoms with E-state index in [-0.39, 0.29) is 11.1 Å². The SMILES string of the molecule is Fc1ccc(Cl)cc1-c1cnc(Cl)[nH]1. The molecule has 0 atom stereocenters. The third kappa shape index (κ3) is 1.74. The van der Waals surface area contributed by atoms with Crippen LogP contribution in [0.3, 0.4) is 0 Å². The minimum Gasteiger partial charge on any atom is -0.329 e. The van der Waals surface area contributed by atoms with E-state index in [4.69, 9.17) is 23.2 Å². The smallest absolute Gasteiger partial charge is 0.200 e. The van der Waals surface area contributed by atoms with Gasteiger partial charge in [-0.25, -0.2) is 9.37 Å². The maximum atomic E-state index is 13.3. The zero-order valence-electron chi connectivity index (χ0n) is 6.89. The minimum atomic E-state index is -0.366. The average Bonchev–Trinajstić information content (AvgIpc) is 2.56. The van der Waals surface area contributed by atoms with Crippen LogP contribution >= 0.6 is 23.2 Å². The van der Waals surface area contributed by atoms with Gasteiger partial charge in [0.1, 0.15) is 5.82 Å². The van der Waals surface area contributed by atoms with E-state index in [1.54, 1.807) is 0 Å². The van der Waals surface area contributed by atoms with Gasteiger partial charge in [0, 0.05) is 10.6 Å². The van der Waals surface area contributed by atoms with Gasteiger partial charge >= 0.3 is 0 Å². The fraction of sp³-hybridized carbons (Fsp3) is 0. The Morgan fingerprint density at radius 2 is 2.07 bits per heavy atom. The summed E-state index contributed by atoms with van der Waals surface area (Å²) in [7, 11) is 0. The van der Waals surface area contributed by atoms with Gasteiger partial charge in [0.25, 0.3) is 0 Å². The second kappa shape index (κ2) is 3.59. The second-order valence-electron chi connectivity index (χ2n) is 2.71. The van der Waals surface area contributed by atoms with Crippen molar-refractivity contribution in [3.05, 3.63) is 40.5 Å². The predicted molar refractivity (Wildman–Crippen MR) is 54.0 cm³/mol. The van der Waals surface area contributed by atoms with Crippen LogP contribution in [-0.4, -0.2) is 9.97 Å². The van der Waals surface area contributed by atoms with Crippen LogP contribution in [0.5, 0.6) is 0 Å². The van der Waals surface area contributed by atoms with E-state index >= 15 is 0 Å². The molecule has 0 fully saturated rings. The minimum absolute atomic E-state index is 0.222. The molecule has 0 unspecified atom stereocenters. The van der Waals surface area contributed by atoms with Gasteiger partial charge in [0.05, 0.1) is 11.9 Å². The summed E-state index contributed by atoms with van der Waals surface area (Å²) in [6.45, 7) is 0. The van der Waals surface area contributed by atoms with Gasteiger partial charge in [-0.3, -0.25) is 0 Å². The number of aromatic amines is 1. The largest absolute Gasteiger partial charge is 0.329 e. The lowest BCUT2D eigenvalue weighted by Crippen LogP contribution is -1.83. The van der Waals surface area contributed by atoms with Crippen molar-refractivity contribution in [2.24, 2.45) is 0 Å². The lowest BCUT2D eigenvalue weighted by molar-refractivity contribution is 0.631. The Morgan fingerprint density at radius 3 is 2.71 bits per heavy atom. The number of imidazole rings is 1. The molecule has 5 heteroatoms. The lowest BCUT2D eigenvalue weighted by atomic mass is 10.1. The summed E-state index contributed by atoms with van der Waals surface area (Å²) in [5, 5.41) is 0.687. The summed E-state index contributed by atoms with van der Waals surface area (Å²) in [4.78, 5) is 6.48. The summed E-state index contributed by atoms with van der Waals surface area (Å²) < 4.78 is 13.3. The van der Waals surface area contributed by atoms with Crippen LogP contribution in [0, 0.1) is 5.82 Å². The summed E-state index contributed by atoms with van der Waals surface area (Å²) in [6, 6.07) is 4.30. The number of nitrogens with zero attached hydrogens (tertiary/aromatic N) is 1. The maximum absolute atomic E-state index is 13.3. The van der Waals surface area contributed by atoms with Gasteiger partial charge in [-0.1, -0.05) is 11.6 Å². The number of H-pyrrole nitrogens is 1. The van der Waals surface area contributed by atoms with Crippen molar-refractivity contribution in [3.63, 3.8) is 0 Å². The zero-order chi connectivity index (χ0) is 10.1. The molecule has 0 saturated carbocycles. The van der Waals surface area contributed by atoms with Crippen molar-refractivity contribution >= 4 is 23.2 Å². The first-order chi connectivity index (χ1) is 6.66. The molecule has 2 nitrogen and oxygen atoms in total. The molecule has 1 N–H and O–H groups in total. The fourth-order valence-electron chi connectivity index (χ4n) is 1.14. The Balaban J connectivity index is 2.55. The van der Waals surface area contributed by atoms with E-state index in [2.05, 4.69) is 9.97 Å². The zero-order valence-corrected chi connectivity index (χ0v) is 8.40. The highest BCUT2D eigenvalue weighted by atomic mass is 35.5. The van der Waals surface area contributed by atoms with E-state index in [9.17, 15) is 4.39 Å². The first kappa shape index (κ1) is 9.49. The number of aromatic nitrogens is 2. The fourth-order valence-corrected chi connectivity index (χ4v) is 1.46. The number of nitrogens with one attached hydrogen (secondary N) is 1. The van der Waals surface area contributed by atoms with Gasteiger partial charge in [0.2, 0.25) is 0 Å². The van der Waals surface area contributed by atoms with Crippen molar-refractivity contribution in [2.75, 3.05) is 0 Å². The van der Waals surface area contributed by atoms with Gasteiger partial charge in [-0.15, -0.1) is 0 Å². The molecule has 0 spiro atoms. The molecule has 1 heterocycles. The second-order valence-corrected chi connectivity index (χ2v) is 3.51. The Morgan fingerprint density at radius 1 is 1.29 bits per heavy atom. The van der Waals surface area contributed by atoms with E-state index in [0.717, 1.165) is 0 Å². The normalized spacial score (nSPS) is 10.5. The Kier molecular flexibility index (Phi) is 2.44. The van der Waals surface area contributed by atoms with Gasteiger partial charge in [-0.2, -0.15) is 0 Å². The molecule has 72 valence electrons. The highest BCUT2D eigenvalue weighted by Gasteiger charge is 2.07. The van der Waals surface area contributed by atoms with Crippen LogP contribution < -0.4 is 0 Å². The topological polar surface area (TPSA) is 28.7 Å². The molecule has 0 radical (unpaired) electrons. The summed E-state index contributed by atoms with van der Waals surface area (Å²) >= 11 is 11.3. The Labute approximate surface area is 89.7 Å². The summed E-state index contributed by atoms with van der Waals surface area (Å²) in [5.74, 6) is -0.366. The van der Waals surface area contributed by atoms with Gasteiger partial charge in [-0.05, 0) is 29.8 Å². The monoisotopic (exact) mass is 230 g/mol. The molecular weight excluding hydrogens is 226 g/mol. The third-order valence-electron chi connectivity index (χ3n) is 1.76. The van der Waals surface area contributed by atoms with Crippen molar-refractivity contribution in [1.82, 2.24) is 9.97 Å². The molecular formula is C9H5Cl2FN2. The predicted octanol–water partition coefficient (Wildman–Crippen LogP) is 3.52. The van der Waals surface area contributed by atoms with Crippen molar-refractivity contribution < 1.29 is 4.39 Å². The first-order valence-corrected chi connectivity index (χ1v) is 4.58. The summed E-state index contributed by atoms with van der Waals surface area (Å²) in [6.07, 6.45) is 1.46. The number of halogens is 3. The van der Waals surface area contributed by atoms with Crippen LogP contribution in [0.1, 0.15) is 0 Å². The molecule has 0 aliphatic heterocycles. The quantitative estimate of drug-likeness (QED) is 0.798. The molecule has 0 amide bonds. The third-order valence-corrected chi connectivity index (χ3v) is 2.19. The average molecular weight is 231 g/mol. The first-order valence-electron chi connectivity index (χ1n) is 3.83. The molecule has 0 bridgehead atoms. The Bertz CT molecular complexity index is 468. The van der Waals surface area contributed by atoms with Crippen LogP contribution in [0.2, 0.25) is 10.3 Å². The molecule has 2 rings (SSSR count). The summed E-state index contributed by atoms with van der Waals surface area (Å²) in [5.41, 5.74) is 0.868. The highest BCUT2D eigenvalue weighted by molar-refractivity contribution is 6.31. The van der Waals surface area contributed by atoms with Crippen molar-refractivity contribution in [2.45, 2.75) is 0 Å². The van der Waals surface area contributed by atoms with E-state index in [0.29, 0.717) is 16.3 Å². The molecule has 14 heavy (non-hydrogen) atoms. The van der Waals surface area contributed by atoms with Crippen LogP contribution in [0.25, 0.3) is 11.3 Å². The molecule has 1 aromatic heterocycles. The Hall–Kier alpha value is -1.06. The molecule has 0 aliphatic rings. The number of hydrogen-bond donors (Lipinski definition) is 1. The van der Waals surface area contributed by atoms with E-state index < -0.39 is 0 Å². The van der Waals surface area contributed by atoms with Crippen LogP contribution in [0.4, 0.5) is 4.39 Å². The maximum Gasteiger partial charge on any atom is 0.200 e. The van der Waals surface area contributed by atoms with Crippen LogP contribution in [-0.2, 0) is 0 Å². The van der Waals surface area contributed by atoms with Crippen molar-refractivity contribution in [1.29, 1.82) is 0 Å². The number of benzene rings is 1. The van der Waals surface area contributed by atoms with E-state index in [1.165, 1.54) is 24.4 Å².